The lowest BCUT2D eigenvalue weighted by molar-refractivity contribution is 0.448. The highest BCUT2D eigenvalue weighted by Crippen LogP contribution is 2.18. The van der Waals surface area contributed by atoms with E-state index in [-0.39, 0.29) is 6.67 Å². The van der Waals surface area contributed by atoms with E-state index < -0.39 is 0 Å². The van der Waals surface area contributed by atoms with Crippen molar-refractivity contribution < 1.29 is 4.39 Å². The van der Waals surface area contributed by atoms with Crippen molar-refractivity contribution in [2.75, 3.05) is 6.67 Å². The molecule has 0 spiro atoms. The molecule has 0 N–H and O–H groups in total. The molecular weight excluding hydrogens is 151 g/mol. The maximum atomic E-state index is 12.0. The quantitative estimate of drug-likeness (QED) is 0.645. The summed E-state index contributed by atoms with van der Waals surface area (Å²) < 4.78 is 12.0. The Morgan fingerprint density at radius 1 is 1.25 bits per heavy atom. The summed E-state index contributed by atoms with van der Waals surface area (Å²) in [6, 6.07) is 8.31. The molecule has 12 heavy (non-hydrogen) atoms. The van der Waals surface area contributed by atoms with E-state index in [1.54, 1.807) is 0 Å². The van der Waals surface area contributed by atoms with Gasteiger partial charge in [0.1, 0.15) is 0 Å². The van der Waals surface area contributed by atoms with Crippen LogP contribution in [0.4, 0.5) is 4.39 Å². The smallest absolute Gasteiger partial charge is 0.0900 e. The van der Waals surface area contributed by atoms with E-state index in [2.05, 4.69) is 38.1 Å². The summed E-state index contributed by atoms with van der Waals surface area (Å²) in [6.07, 6.45) is 0.628. The number of halogens is 1. The summed E-state index contributed by atoms with van der Waals surface area (Å²) in [5.74, 6) is 0.343. The van der Waals surface area contributed by atoms with E-state index in [0.29, 0.717) is 12.3 Å². The maximum Gasteiger partial charge on any atom is 0.0900 e. The molecule has 0 saturated heterocycles. The molecule has 0 amide bonds. The zero-order chi connectivity index (χ0) is 8.97. The second-order valence-corrected chi connectivity index (χ2v) is 3.29. The van der Waals surface area contributed by atoms with E-state index in [9.17, 15) is 4.39 Å². The molecule has 1 aromatic rings. The first-order valence-electron chi connectivity index (χ1n) is 4.36. The van der Waals surface area contributed by atoms with Gasteiger partial charge in [-0.25, -0.2) is 0 Å². The van der Waals surface area contributed by atoms with Gasteiger partial charge >= 0.3 is 0 Å². The van der Waals surface area contributed by atoms with E-state index in [4.69, 9.17) is 0 Å². The van der Waals surface area contributed by atoms with Crippen LogP contribution in [0.2, 0.25) is 0 Å². The third-order valence-electron chi connectivity index (χ3n) is 2.19. The van der Waals surface area contributed by atoms with Crippen molar-refractivity contribution in [2.24, 2.45) is 0 Å². The maximum absolute atomic E-state index is 12.0. The van der Waals surface area contributed by atoms with Crippen molar-refractivity contribution in [3.05, 3.63) is 35.4 Å². The average Bonchev–Trinajstić information content (AvgIpc) is 2.06. The van der Waals surface area contributed by atoms with Gasteiger partial charge in [0.15, 0.2) is 0 Å². The van der Waals surface area contributed by atoms with Gasteiger partial charge in [0, 0.05) is 0 Å². The summed E-state index contributed by atoms with van der Waals surface area (Å²) in [7, 11) is 0. The normalized spacial score (nSPS) is 12.9. The van der Waals surface area contributed by atoms with Crippen molar-refractivity contribution in [1.82, 2.24) is 0 Å². The van der Waals surface area contributed by atoms with Crippen molar-refractivity contribution >= 4 is 0 Å². The first kappa shape index (κ1) is 9.24. The Morgan fingerprint density at radius 2 is 1.83 bits per heavy atom. The summed E-state index contributed by atoms with van der Waals surface area (Å²) in [4.78, 5) is 0. The largest absolute Gasteiger partial charge is 0.251 e. The fraction of sp³-hybridized carbons (Fsp3) is 0.455. The molecule has 0 heterocycles. The monoisotopic (exact) mass is 166 g/mol. The number of aryl methyl sites for hydroxylation is 1. The van der Waals surface area contributed by atoms with Crippen LogP contribution < -0.4 is 0 Å². The highest BCUT2D eigenvalue weighted by molar-refractivity contribution is 5.23. The Hall–Kier alpha value is -0.850. The molecule has 0 aromatic heterocycles. The molecule has 0 saturated carbocycles. The van der Waals surface area contributed by atoms with E-state index in [0.717, 1.165) is 0 Å². The third kappa shape index (κ3) is 2.33. The van der Waals surface area contributed by atoms with Crippen molar-refractivity contribution in [1.29, 1.82) is 0 Å². The molecule has 66 valence electrons. The molecule has 0 bridgehead atoms. The van der Waals surface area contributed by atoms with Crippen LogP contribution in [0.1, 0.15) is 30.4 Å². The number of hydrogen-bond acceptors (Lipinski definition) is 0. The lowest BCUT2D eigenvalue weighted by Gasteiger charge is -2.08. The van der Waals surface area contributed by atoms with E-state index in [1.165, 1.54) is 11.1 Å². The fourth-order valence-electron chi connectivity index (χ4n) is 1.23. The fourth-order valence-corrected chi connectivity index (χ4v) is 1.23. The minimum absolute atomic E-state index is 0.227. The molecular formula is C11H15F. The molecule has 1 heteroatoms. The van der Waals surface area contributed by atoms with E-state index >= 15 is 0 Å². The zero-order valence-corrected chi connectivity index (χ0v) is 7.68. The molecule has 0 aliphatic heterocycles. The van der Waals surface area contributed by atoms with Gasteiger partial charge in [0.2, 0.25) is 0 Å². The van der Waals surface area contributed by atoms with Crippen molar-refractivity contribution in [2.45, 2.75) is 26.2 Å². The molecule has 0 radical (unpaired) electrons. The number of benzene rings is 1. The predicted octanol–water partition coefficient (Wildman–Crippen LogP) is 3.46. The topological polar surface area (TPSA) is 0 Å². The molecule has 1 atom stereocenters. The second-order valence-electron chi connectivity index (χ2n) is 3.29. The minimum atomic E-state index is -0.227. The Balaban J connectivity index is 2.68. The highest BCUT2D eigenvalue weighted by atomic mass is 19.1. The SMILES string of the molecule is Cc1ccc(C(C)CCF)cc1. The van der Waals surface area contributed by atoms with Crippen LogP contribution in [0.25, 0.3) is 0 Å². The summed E-state index contributed by atoms with van der Waals surface area (Å²) in [6.45, 7) is 3.89. The van der Waals surface area contributed by atoms with Crippen LogP contribution in [0.15, 0.2) is 24.3 Å². The summed E-state index contributed by atoms with van der Waals surface area (Å²) in [5, 5.41) is 0. The van der Waals surface area contributed by atoms with Crippen LogP contribution >= 0.6 is 0 Å². The van der Waals surface area contributed by atoms with Crippen LogP contribution in [-0.4, -0.2) is 6.67 Å². The third-order valence-corrected chi connectivity index (χ3v) is 2.19. The van der Waals surface area contributed by atoms with Crippen molar-refractivity contribution in [3.63, 3.8) is 0 Å². The van der Waals surface area contributed by atoms with Gasteiger partial charge in [-0.05, 0) is 24.8 Å². The first-order chi connectivity index (χ1) is 5.74. The minimum Gasteiger partial charge on any atom is -0.251 e. The highest BCUT2D eigenvalue weighted by Gasteiger charge is 2.03. The Kier molecular flexibility index (Phi) is 3.27. The van der Waals surface area contributed by atoms with Crippen LogP contribution in [0.5, 0.6) is 0 Å². The van der Waals surface area contributed by atoms with Crippen LogP contribution in [-0.2, 0) is 0 Å². The Bertz CT molecular complexity index is 225. The van der Waals surface area contributed by atoms with Crippen molar-refractivity contribution in [3.8, 4) is 0 Å². The molecule has 0 aliphatic carbocycles. The number of alkyl halides is 1. The summed E-state index contributed by atoms with van der Waals surface area (Å²) in [5.41, 5.74) is 2.49. The van der Waals surface area contributed by atoms with Crippen LogP contribution in [0.3, 0.4) is 0 Å². The number of hydrogen-bond donors (Lipinski definition) is 0. The van der Waals surface area contributed by atoms with Gasteiger partial charge in [-0.3, -0.25) is 4.39 Å². The molecule has 1 unspecified atom stereocenters. The van der Waals surface area contributed by atoms with E-state index in [1.807, 2.05) is 0 Å². The molecule has 0 aliphatic rings. The van der Waals surface area contributed by atoms with Gasteiger partial charge in [0.05, 0.1) is 6.67 Å². The Labute approximate surface area is 73.4 Å². The molecule has 1 aromatic carbocycles. The predicted molar refractivity (Wildman–Crippen MR) is 50.2 cm³/mol. The first-order valence-corrected chi connectivity index (χ1v) is 4.36. The lowest BCUT2D eigenvalue weighted by Crippen LogP contribution is -1.94. The van der Waals surface area contributed by atoms with Gasteiger partial charge < -0.3 is 0 Å². The Morgan fingerprint density at radius 3 is 2.33 bits per heavy atom. The molecule has 1 rings (SSSR count). The second kappa shape index (κ2) is 4.24. The van der Waals surface area contributed by atoms with Crippen LogP contribution in [0, 0.1) is 6.92 Å². The zero-order valence-electron chi connectivity index (χ0n) is 7.68. The van der Waals surface area contributed by atoms with Gasteiger partial charge in [-0.15, -0.1) is 0 Å². The summed E-state index contributed by atoms with van der Waals surface area (Å²) >= 11 is 0. The average molecular weight is 166 g/mol. The molecule has 0 fully saturated rings. The molecule has 0 nitrogen and oxygen atoms in total. The van der Waals surface area contributed by atoms with Gasteiger partial charge in [0.25, 0.3) is 0 Å². The van der Waals surface area contributed by atoms with Gasteiger partial charge in [-0.2, -0.15) is 0 Å². The number of rotatable bonds is 3. The van der Waals surface area contributed by atoms with Gasteiger partial charge in [-0.1, -0.05) is 36.8 Å². The standard InChI is InChI=1S/C11H15F/c1-9-3-5-11(6-4-9)10(2)7-8-12/h3-6,10H,7-8H2,1-2H3. The lowest BCUT2D eigenvalue weighted by atomic mass is 9.98.